The molecule has 0 unspecified atom stereocenters. The van der Waals surface area contributed by atoms with Crippen LogP contribution in [0.1, 0.15) is 6.42 Å². The summed E-state index contributed by atoms with van der Waals surface area (Å²) in [5.41, 5.74) is -0.0162. The Morgan fingerprint density at radius 3 is 2.56 bits per heavy atom. The predicted octanol–water partition coefficient (Wildman–Crippen LogP) is 3.53. The van der Waals surface area contributed by atoms with Gasteiger partial charge >= 0.3 is 0 Å². The van der Waals surface area contributed by atoms with Crippen LogP contribution in [-0.4, -0.2) is 69.4 Å². The van der Waals surface area contributed by atoms with E-state index in [1.807, 2.05) is 0 Å². The van der Waals surface area contributed by atoms with E-state index < -0.39 is 27.4 Å². The lowest BCUT2D eigenvalue weighted by Crippen LogP contribution is -2.43. The third-order valence-electron chi connectivity index (χ3n) is 5.36. The summed E-state index contributed by atoms with van der Waals surface area (Å²) in [4.78, 5) is 21.0. The van der Waals surface area contributed by atoms with Crippen LogP contribution in [-0.2, 0) is 19.4 Å². The zero-order chi connectivity index (χ0) is 23.4. The number of nitrogens with zero attached hydrogens (tertiary/aromatic N) is 3. The molecule has 1 aliphatic rings. The molecule has 34 heavy (non-hydrogen) atoms. The molecule has 2 aromatic carbocycles. The van der Waals surface area contributed by atoms with Gasteiger partial charge < -0.3 is 4.74 Å². The number of hydrogen-bond acceptors (Lipinski definition) is 7. The first-order valence-corrected chi connectivity index (χ1v) is 12.9. The molecule has 0 radical (unpaired) electrons. The fourth-order valence-electron chi connectivity index (χ4n) is 3.56. The van der Waals surface area contributed by atoms with Gasteiger partial charge in [0.2, 0.25) is 5.91 Å². The Morgan fingerprint density at radius 1 is 1.15 bits per heavy atom. The SMILES string of the molecule is Cl.O=C(CCS(=O)(=O)c1ccccc1)N(CCN1CCOCC1)c1nc2c(F)cc(F)cc2s1. The number of sulfone groups is 1. The number of thiazole rings is 1. The highest BCUT2D eigenvalue weighted by Crippen LogP contribution is 2.31. The first-order valence-electron chi connectivity index (χ1n) is 10.5. The van der Waals surface area contributed by atoms with Crippen LogP contribution < -0.4 is 4.90 Å². The highest BCUT2D eigenvalue weighted by molar-refractivity contribution is 7.91. The lowest BCUT2D eigenvalue weighted by molar-refractivity contribution is -0.118. The molecule has 7 nitrogen and oxygen atoms in total. The quantitative estimate of drug-likeness (QED) is 0.442. The van der Waals surface area contributed by atoms with Crippen LogP contribution in [0.15, 0.2) is 47.4 Å². The van der Waals surface area contributed by atoms with E-state index in [4.69, 9.17) is 4.74 Å². The van der Waals surface area contributed by atoms with E-state index in [1.165, 1.54) is 23.1 Å². The number of benzene rings is 2. The number of morpholine rings is 1. The summed E-state index contributed by atoms with van der Waals surface area (Å²) in [5, 5.41) is 0.213. The predicted molar refractivity (Wildman–Crippen MR) is 130 cm³/mol. The average molecular weight is 532 g/mol. The summed E-state index contributed by atoms with van der Waals surface area (Å²) in [6.07, 6.45) is -0.257. The zero-order valence-corrected chi connectivity index (χ0v) is 20.6. The van der Waals surface area contributed by atoms with Crippen LogP contribution >= 0.6 is 23.7 Å². The summed E-state index contributed by atoms with van der Waals surface area (Å²) in [5.74, 6) is -2.34. The molecular weight excluding hydrogens is 508 g/mol. The standard InChI is InChI=1S/C22H23F2N3O4S2.ClH/c23-16-14-18(24)21-19(15-16)32-22(25-21)27(8-7-26-9-11-31-12-10-26)20(28)6-13-33(29,30)17-4-2-1-3-5-17;/h1-5,14-15H,6-13H2;1H. The van der Waals surface area contributed by atoms with E-state index in [0.29, 0.717) is 32.8 Å². The van der Waals surface area contributed by atoms with Gasteiger partial charge in [0.25, 0.3) is 0 Å². The van der Waals surface area contributed by atoms with Crippen molar-refractivity contribution in [1.29, 1.82) is 0 Å². The van der Waals surface area contributed by atoms with Crippen molar-refractivity contribution in [2.24, 2.45) is 0 Å². The first kappa shape index (κ1) is 26.4. The van der Waals surface area contributed by atoms with Crippen LogP contribution in [0.4, 0.5) is 13.9 Å². The number of carbonyl (C=O) groups excluding carboxylic acids is 1. The molecule has 0 atom stereocenters. The van der Waals surface area contributed by atoms with Gasteiger partial charge in [-0.15, -0.1) is 12.4 Å². The fourth-order valence-corrected chi connectivity index (χ4v) is 5.86. The lowest BCUT2D eigenvalue weighted by atomic mass is 10.3. The minimum atomic E-state index is -3.64. The molecule has 184 valence electrons. The van der Waals surface area contributed by atoms with E-state index >= 15 is 0 Å². The molecular formula is C22H24ClF2N3O4S2. The van der Waals surface area contributed by atoms with Crippen LogP contribution in [0.3, 0.4) is 0 Å². The van der Waals surface area contributed by atoms with E-state index in [-0.39, 0.29) is 51.4 Å². The van der Waals surface area contributed by atoms with Gasteiger partial charge in [-0.1, -0.05) is 29.5 Å². The number of aromatic nitrogens is 1. The largest absolute Gasteiger partial charge is 0.379 e. The molecule has 0 saturated carbocycles. The Hall–Kier alpha value is -2.18. The Bertz CT molecular complexity index is 1240. The minimum absolute atomic E-state index is 0. The number of hydrogen-bond donors (Lipinski definition) is 0. The van der Waals surface area contributed by atoms with E-state index in [2.05, 4.69) is 9.88 Å². The van der Waals surface area contributed by atoms with Crippen molar-refractivity contribution in [2.45, 2.75) is 11.3 Å². The Kier molecular flexibility index (Phi) is 8.94. The molecule has 12 heteroatoms. The lowest BCUT2D eigenvalue weighted by Gasteiger charge is -2.29. The number of fused-ring (bicyclic) bond motifs is 1. The number of amides is 1. The maximum absolute atomic E-state index is 14.2. The second-order valence-corrected chi connectivity index (χ2v) is 10.7. The van der Waals surface area contributed by atoms with Crippen LogP contribution in [0, 0.1) is 11.6 Å². The molecule has 0 spiro atoms. The topological polar surface area (TPSA) is 79.8 Å². The first-order chi connectivity index (χ1) is 15.8. The fraction of sp³-hybridized carbons (Fsp3) is 0.364. The van der Waals surface area contributed by atoms with E-state index in [1.54, 1.807) is 18.2 Å². The van der Waals surface area contributed by atoms with Gasteiger partial charge in [-0.3, -0.25) is 14.6 Å². The molecule has 1 aromatic heterocycles. The summed E-state index contributed by atoms with van der Waals surface area (Å²) >= 11 is 1.000. The summed E-state index contributed by atoms with van der Waals surface area (Å²) in [6.45, 7) is 3.37. The number of carbonyl (C=O) groups is 1. The Balaban J connectivity index is 0.00000324. The molecule has 1 saturated heterocycles. The van der Waals surface area contributed by atoms with Crippen molar-refractivity contribution in [3.05, 3.63) is 54.1 Å². The molecule has 3 aromatic rings. The Morgan fingerprint density at radius 2 is 1.85 bits per heavy atom. The molecule has 0 aliphatic carbocycles. The van der Waals surface area contributed by atoms with Crippen molar-refractivity contribution >= 4 is 54.8 Å². The van der Waals surface area contributed by atoms with Crippen molar-refractivity contribution in [2.75, 3.05) is 50.0 Å². The molecule has 1 aliphatic heterocycles. The average Bonchev–Trinajstić information content (AvgIpc) is 3.23. The van der Waals surface area contributed by atoms with Crippen LogP contribution in [0.5, 0.6) is 0 Å². The molecule has 1 fully saturated rings. The number of ether oxygens (including phenoxy) is 1. The molecule has 0 N–H and O–H groups in total. The zero-order valence-electron chi connectivity index (χ0n) is 18.2. The van der Waals surface area contributed by atoms with Crippen molar-refractivity contribution in [1.82, 2.24) is 9.88 Å². The van der Waals surface area contributed by atoms with Crippen LogP contribution in [0.2, 0.25) is 0 Å². The molecule has 1 amide bonds. The van der Waals surface area contributed by atoms with Crippen molar-refractivity contribution in [3.63, 3.8) is 0 Å². The third kappa shape index (κ3) is 6.28. The Labute approximate surface area is 206 Å². The highest BCUT2D eigenvalue weighted by atomic mass is 35.5. The second-order valence-electron chi connectivity index (χ2n) is 7.61. The van der Waals surface area contributed by atoms with Gasteiger partial charge in [0, 0.05) is 38.7 Å². The van der Waals surface area contributed by atoms with Gasteiger partial charge in [0.1, 0.15) is 11.3 Å². The summed E-state index contributed by atoms with van der Waals surface area (Å²) in [7, 11) is -3.64. The van der Waals surface area contributed by atoms with Gasteiger partial charge in [-0.2, -0.15) is 0 Å². The summed E-state index contributed by atoms with van der Waals surface area (Å²) < 4.78 is 58.7. The number of halogens is 3. The molecule has 4 rings (SSSR count). The molecule has 0 bridgehead atoms. The van der Waals surface area contributed by atoms with E-state index in [9.17, 15) is 22.0 Å². The van der Waals surface area contributed by atoms with Crippen molar-refractivity contribution in [3.8, 4) is 0 Å². The smallest absolute Gasteiger partial charge is 0.229 e. The van der Waals surface area contributed by atoms with Crippen LogP contribution in [0.25, 0.3) is 10.2 Å². The van der Waals surface area contributed by atoms with Gasteiger partial charge in [0.15, 0.2) is 20.8 Å². The summed E-state index contributed by atoms with van der Waals surface area (Å²) in [6, 6.07) is 9.85. The monoisotopic (exact) mass is 531 g/mol. The highest BCUT2D eigenvalue weighted by Gasteiger charge is 2.25. The normalized spacial score (nSPS) is 14.6. The maximum atomic E-state index is 14.2. The number of anilines is 1. The second kappa shape index (κ2) is 11.5. The van der Waals surface area contributed by atoms with Gasteiger partial charge in [0.05, 0.1) is 28.6 Å². The van der Waals surface area contributed by atoms with Crippen molar-refractivity contribution < 1.29 is 26.7 Å². The maximum Gasteiger partial charge on any atom is 0.229 e. The minimum Gasteiger partial charge on any atom is -0.379 e. The van der Waals surface area contributed by atoms with Gasteiger partial charge in [-0.05, 0) is 18.2 Å². The number of rotatable bonds is 8. The third-order valence-corrected chi connectivity index (χ3v) is 8.12. The van der Waals surface area contributed by atoms with E-state index in [0.717, 1.165) is 17.4 Å². The molecule has 2 heterocycles. The van der Waals surface area contributed by atoms with Gasteiger partial charge in [-0.25, -0.2) is 22.2 Å².